The molecule has 1 atom stereocenters. The molecule has 1 N–H and O–H groups in total. The highest BCUT2D eigenvalue weighted by atomic mass is 16.7. The molecule has 2 aliphatic rings. The summed E-state index contributed by atoms with van der Waals surface area (Å²) in [5.74, 6) is 1.83. The molecule has 0 radical (unpaired) electrons. The second-order valence-corrected chi connectivity index (χ2v) is 4.91. The van der Waals surface area contributed by atoms with Crippen LogP contribution in [0.25, 0.3) is 0 Å². The first-order chi connectivity index (χ1) is 7.69. The smallest absolute Gasteiger partial charge is 0.231 e. The highest BCUT2D eigenvalue weighted by molar-refractivity contribution is 5.53. The minimum Gasteiger partial charge on any atom is -0.454 e. The summed E-state index contributed by atoms with van der Waals surface area (Å²) in [4.78, 5) is 0. The first-order valence-corrected chi connectivity index (χ1v) is 5.85. The van der Waals surface area contributed by atoms with Gasteiger partial charge in [-0.2, -0.15) is 0 Å². The third kappa shape index (κ3) is 1.39. The van der Waals surface area contributed by atoms with Gasteiger partial charge in [0.2, 0.25) is 6.79 Å². The third-order valence-electron chi connectivity index (χ3n) is 3.58. The first-order valence-electron chi connectivity index (χ1n) is 5.85. The molecule has 0 bridgehead atoms. The van der Waals surface area contributed by atoms with Crippen molar-refractivity contribution < 1.29 is 9.47 Å². The Labute approximate surface area is 95.8 Å². The fraction of sp³-hybridized carbons (Fsp3) is 0.538. The Kier molecular flexibility index (Phi) is 2.11. The fourth-order valence-corrected chi connectivity index (χ4v) is 2.68. The van der Waals surface area contributed by atoms with Crippen LogP contribution in [0.3, 0.4) is 0 Å². The molecule has 0 saturated carbocycles. The molecule has 1 aromatic rings. The lowest BCUT2D eigenvalue weighted by atomic mass is 9.88. The predicted molar refractivity (Wildman–Crippen MR) is 61.9 cm³/mol. The van der Waals surface area contributed by atoms with E-state index in [-0.39, 0.29) is 5.54 Å². The Morgan fingerprint density at radius 3 is 2.94 bits per heavy atom. The molecule has 3 heteroatoms. The van der Waals surface area contributed by atoms with Gasteiger partial charge in [0.15, 0.2) is 11.5 Å². The number of hydrogen-bond donors (Lipinski definition) is 1. The Balaban J connectivity index is 2.13. The molecule has 1 fully saturated rings. The van der Waals surface area contributed by atoms with Gasteiger partial charge in [0.25, 0.3) is 0 Å². The lowest BCUT2D eigenvalue weighted by Gasteiger charge is -2.26. The van der Waals surface area contributed by atoms with E-state index in [4.69, 9.17) is 9.47 Å². The maximum atomic E-state index is 5.60. The lowest BCUT2D eigenvalue weighted by molar-refractivity contribution is 0.172. The highest BCUT2D eigenvalue weighted by Crippen LogP contribution is 2.44. The van der Waals surface area contributed by atoms with Gasteiger partial charge < -0.3 is 14.8 Å². The van der Waals surface area contributed by atoms with Crippen LogP contribution in [0.1, 0.15) is 30.9 Å². The SMILES string of the molecule is Cc1cc2c(c(C3(C)CCCN3)c1)OCO2. The predicted octanol–water partition coefficient (Wildman–Crippen LogP) is 2.32. The largest absolute Gasteiger partial charge is 0.454 e. The average Bonchev–Trinajstić information content (AvgIpc) is 2.85. The summed E-state index contributed by atoms with van der Waals surface area (Å²) in [7, 11) is 0. The van der Waals surface area contributed by atoms with E-state index in [1.807, 2.05) is 6.07 Å². The molecule has 1 unspecified atom stereocenters. The summed E-state index contributed by atoms with van der Waals surface area (Å²) in [6.07, 6.45) is 2.38. The highest BCUT2D eigenvalue weighted by Gasteiger charge is 2.35. The minimum atomic E-state index is 0.0454. The Morgan fingerprint density at radius 1 is 1.31 bits per heavy atom. The van der Waals surface area contributed by atoms with Crippen molar-refractivity contribution in [3.63, 3.8) is 0 Å². The maximum absolute atomic E-state index is 5.60. The summed E-state index contributed by atoms with van der Waals surface area (Å²) in [5.41, 5.74) is 2.52. The quantitative estimate of drug-likeness (QED) is 0.786. The number of benzene rings is 1. The van der Waals surface area contributed by atoms with Gasteiger partial charge in [-0.15, -0.1) is 0 Å². The third-order valence-corrected chi connectivity index (χ3v) is 3.58. The molecular weight excluding hydrogens is 202 g/mol. The van der Waals surface area contributed by atoms with Crippen LogP contribution in [0.2, 0.25) is 0 Å². The zero-order chi connectivity index (χ0) is 11.2. The molecule has 0 aromatic heterocycles. The number of aryl methyl sites for hydroxylation is 1. The van der Waals surface area contributed by atoms with Gasteiger partial charge in [0.05, 0.1) is 0 Å². The molecule has 1 aromatic carbocycles. The number of hydrogen-bond acceptors (Lipinski definition) is 3. The summed E-state index contributed by atoms with van der Waals surface area (Å²) >= 11 is 0. The van der Waals surface area contributed by atoms with Crippen LogP contribution in [0.15, 0.2) is 12.1 Å². The van der Waals surface area contributed by atoms with Gasteiger partial charge in [-0.05, 0) is 44.9 Å². The van der Waals surface area contributed by atoms with Crippen LogP contribution in [0.4, 0.5) is 0 Å². The maximum Gasteiger partial charge on any atom is 0.231 e. The molecule has 2 aliphatic heterocycles. The lowest BCUT2D eigenvalue weighted by Crippen LogP contribution is -2.33. The standard InChI is InChI=1S/C13H17NO2/c1-9-6-10(13(2)4-3-5-14-13)12-11(7-9)15-8-16-12/h6-7,14H,3-5,8H2,1-2H3. The van der Waals surface area contributed by atoms with Crippen molar-refractivity contribution in [1.29, 1.82) is 0 Å². The Hall–Kier alpha value is -1.22. The second-order valence-electron chi connectivity index (χ2n) is 4.91. The second kappa shape index (κ2) is 3.39. The number of rotatable bonds is 1. The van der Waals surface area contributed by atoms with E-state index in [2.05, 4.69) is 25.2 Å². The molecule has 1 saturated heterocycles. The van der Waals surface area contributed by atoms with Crippen molar-refractivity contribution >= 4 is 0 Å². The molecule has 0 spiro atoms. The average molecular weight is 219 g/mol. The fourth-order valence-electron chi connectivity index (χ4n) is 2.68. The van der Waals surface area contributed by atoms with Gasteiger partial charge in [0.1, 0.15) is 0 Å². The van der Waals surface area contributed by atoms with Crippen molar-refractivity contribution in [3.8, 4) is 11.5 Å². The molecule has 3 rings (SSSR count). The van der Waals surface area contributed by atoms with E-state index in [0.717, 1.165) is 24.5 Å². The van der Waals surface area contributed by atoms with Gasteiger partial charge in [0, 0.05) is 11.1 Å². The molecule has 3 nitrogen and oxygen atoms in total. The van der Waals surface area contributed by atoms with E-state index in [0.29, 0.717) is 6.79 Å². The van der Waals surface area contributed by atoms with Crippen LogP contribution in [0.5, 0.6) is 11.5 Å². The molecule has 16 heavy (non-hydrogen) atoms. The van der Waals surface area contributed by atoms with E-state index in [9.17, 15) is 0 Å². The van der Waals surface area contributed by atoms with Gasteiger partial charge >= 0.3 is 0 Å². The normalized spacial score (nSPS) is 27.4. The van der Waals surface area contributed by atoms with Crippen LogP contribution in [-0.4, -0.2) is 13.3 Å². The minimum absolute atomic E-state index is 0.0454. The summed E-state index contributed by atoms with van der Waals surface area (Å²) in [6, 6.07) is 4.26. The summed E-state index contributed by atoms with van der Waals surface area (Å²) < 4.78 is 11.1. The monoisotopic (exact) mass is 219 g/mol. The molecule has 0 aliphatic carbocycles. The summed E-state index contributed by atoms with van der Waals surface area (Å²) in [5, 5.41) is 3.57. The van der Waals surface area contributed by atoms with Crippen molar-refractivity contribution in [3.05, 3.63) is 23.3 Å². The van der Waals surface area contributed by atoms with Crippen molar-refractivity contribution in [2.24, 2.45) is 0 Å². The van der Waals surface area contributed by atoms with E-state index in [1.165, 1.54) is 17.5 Å². The van der Waals surface area contributed by atoms with Crippen LogP contribution >= 0.6 is 0 Å². The van der Waals surface area contributed by atoms with Gasteiger partial charge in [-0.3, -0.25) is 0 Å². The van der Waals surface area contributed by atoms with Crippen molar-refractivity contribution in [2.45, 2.75) is 32.2 Å². The van der Waals surface area contributed by atoms with E-state index in [1.54, 1.807) is 0 Å². The topological polar surface area (TPSA) is 30.5 Å². The number of ether oxygens (including phenoxy) is 2. The number of fused-ring (bicyclic) bond motifs is 1. The molecule has 2 heterocycles. The van der Waals surface area contributed by atoms with E-state index < -0.39 is 0 Å². The zero-order valence-corrected chi connectivity index (χ0v) is 9.80. The first kappa shape index (κ1) is 9.97. The number of nitrogens with one attached hydrogen (secondary N) is 1. The van der Waals surface area contributed by atoms with E-state index >= 15 is 0 Å². The van der Waals surface area contributed by atoms with Crippen LogP contribution < -0.4 is 14.8 Å². The Morgan fingerprint density at radius 2 is 2.19 bits per heavy atom. The van der Waals surface area contributed by atoms with Crippen LogP contribution in [0, 0.1) is 6.92 Å². The van der Waals surface area contributed by atoms with Crippen LogP contribution in [-0.2, 0) is 5.54 Å². The van der Waals surface area contributed by atoms with Crippen molar-refractivity contribution in [2.75, 3.05) is 13.3 Å². The summed E-state index contributed by atoms with van der Waals surface area (Å²) in [6.45, 7) is 5.78. The molecule has 86 valence electrons. The van der Waals surface area contributed by atoms with Gasteiger partial charge in [-0.1, -0.05) is 6.07 Å². The Bertz CT molecular complexity index is 422. The zero-order valence-electron chi connectivity index (χ0n) is 9.80. The molecule has 0 amide bonds. The van der Waals surface area contributed by atoms with Crippen molar-refractivity contribution in [1.82, 2.24) is 5.32 Å². The molecular formula is C13H17NO2. The van der Waals surface area contributed by atoms with Gasteiger partial charge in [-0.25, -0.2) is 0 Å².